The lowest BCUT2D eigenvalue weighted by Crippen LogP contribution is -2.44. The zero-order valence-electron chi connectivity index (χ0n) is 14.5. The Morgan fingerprint density at radius 1 is 1.42 bits per heavy atom. The lowest BCUT2D eigenvalue weighted by molar-refractivity contribution is 0.0172. The van der Waals surface area contributed by atoms with E-state index in [1.54, 1.807) is 0 Å². The van der Waals surface area contributed by atoms with Crippen LogP contribution in [0.3, 0.4) is 0 Å². The van der Waals surface area contributed by atoms with Crippen molar-refractivity contribution in [1.29, 1.82) is 0 Å². The van der Waals surface area contributed by atoms with Gasteiger partial charge in [0.25, 0.3) is 0 Å². The Morgan fingerprint density at radius 3 is 3.00 bits per heavy atom. The van der Waals surface area contributed by atoms with Crippen LogP contribution in [0.1, 0.15) is 33.6 Å². The molecule has 1 amide bonds. The number of rotatable bonds is 3. The number of hydrogen-bond acceptors (Lipinski definition) is 5. The van der Waals surface area contributed by atoms with Gasteiger partial charge in [0.05, 0.1) is 4.70 Å². The van der Waals surface area contributed by atoms with Gasteiger partial charge in [-0.3, -0.25) is 0 Å². The summed E-state index contributed by atoms with van der Waals surface area (Å²) in [5.74, 6) is 1.37. The average Bonchev–Trinajstić information content (AvgIpc) is 2.95. The van der Waals surface area contributed by atoms with Crippen molar-refractivity contribution in [2.75, 3.05) is 25.0 Å². The summed E-state index contributed by atoms with van der Waals surface area (Å²) in [7, 11) is 0. The van der Waals surface area contributed by atoms with Gasteiger partial charge < -0.3 is 15.0 Å². The van der Waals surface area contributed by atoms with E-state index in [1.165, 1.54) is 21.6 Å². The summed E-state index contributed by atoms with van der Waals surface area (Å²) in [6, 6.07) is 8.25. The monoisotopic (exact) mass is 347 g/mol. The highest BCUT2D eigenvalue weighted by Gasteiger charge is 2.27. The summed E-state index contributed by atoms with van der Waals surface area (Å²) < 4.78 is 11.2. The minimum Gasteiger partial charge on any atom is -0.444 e. The fraction of sp³-hybridized carbons (Fsp3) is 0.556. The first kappa shape index (κ1) is 17.0. The molecule has 1 atom stereocenters. The molecule has 1 fully saturated rings. The van der Waals surface area contributed by atoms with Crippen LogP contribution in [0.5, 0.6) is 0 Å². The Morgan fingerprint density at radius 2 is 2.21 bits per heavy atom. The molecule has 0 aliphatic carbocycles. The van der Waals surface area contributed by atoms with Crippen LogP contribution in [0.15, 0.2) is 24.3 Å². The number of fused-ring (bicyclic) bond motifs is 1. The fourth-order valence-electron chi connectivity index (χ4n) is 2.98. The van der Waals surface area contributed by atoms with Crippen molar-refractivity contribution < 1.29 is 9.53 Å². The van der Waals surface area contributed by atoms with E-state index in [4.69, 9.17) is 4.74 Å². The minimum absolute atomic E-state index is 0.202. The van der Waals surface area contributed by atoms with Crippen LogP contribution in [0, 0.1) is 5.92 Å². The standard InChI is InChI=1S/C18H25N3O2S/c1-18(2,3)23-17(22)21-10-6-7-13(12-21)11-19-16-14-8-4-5-9-15(14)24-20-16/h4-5,8-9,13H,6-7,10-12H2,1-3H3,(H,19,20)/t13-/m0/s1. The van der Waals surface area contributed by atoms with Gasteiger partial charge in [-0.1, -0.05) is 12.1 Å². The van der Waals surface area contributed by atoms with Gasteiger partial charge in [-0.05, 0) is 63.2 Å². The average molecular weight is 347 g/mol. The predicted molar refractivity (Wildman–Crippen MR) is 98.6 cm³/mol. The second-order valence-electron chi connectivity index (χ2n) is 7.34. The molecule has 1 aliphatic rings. The van der Waals surface area contributed by atoms with Crippen LogP contribution in [0.25, 0.3) is 10.1 Å². The lowest BCUT2D eigenvalue weighted by atomic mass is 9.98. The Hall–Kier alpha value is -1.82. The summed E-state index contributed by atoms with van der Waals surface area (Å²) in [5.41, 5.74) is -0.443. The van der Waals surface area contributed by atoms with Crippen molar-refractivity contribution in [3.8, 4) is 0 Å². The normalized spacial score (nSPS) is 18.6. The van der Waals surface area contributed by atoms with E-state index >= 15 is 0 Å². The van der Waals surface area contributed by atoms with Gasteiger partial charge in [-0.2, -0.15) is 4.37 Å². The molecular weight excluding hydrogens is 322 g/mol. The van der Waals surface area contributed by atoms with Crippen molar-refractivity contribution >= 4 is 33.5 Å². The molecule has 1 aliphatic heterocycles. The van der Waals surface area contributed by atoms with Gasteiger partial charge in [0.1, 0.15) is 11.4 Å². The minimum atomic E-state index is -0.443. The van der Waals surface area contributed by atoms with Gasteiger partial charge in [0.2, 0.25) is 0 Å². The first-order valence-corrected chi connectivity index (χ1v) is 9.26. The number of carbonyl (C=O) groups is 1. The first-order chi connectivity index (χ1) is 11.4. The van der Waals surface area contributed by atoms with Crippen molar-refractivity contribution in [3.63, 3.8) is 0 Å². The number of piperidine rings is 1. The van der Waals surface area contributed by atoms with Crippen LogP contribution >= 0.6 is 11.5 Å². The molecule has 3 rings (SSSR count). The molecule has 0 radical (unpaired) electrons. The summed E-state index contributed by atoms with van der Waals surface area (Å²) in [4.78, 5) is 14.1. The molecule has 24 heavy (non-hydrogen) atoms. The van der Waals surface area contributed by atoms with E-state index in [-0.39, 0.29) is 6.09 Å². The number of benzene rings is 1. The maximum absolute atomic E-state index is 12.2. The highest BCUT2D eigenvalue weighted by Crippen LogP contribution is 2.27. The highest BCUT2D eigenvalue weighted by atomic mass is 32.1. The molecule has 2 heterocycles. The molecule has 1 saturated heterocycles. The first-order valence-electron chi connectivity index (χ1n) is 8.48. The summed E-state index contributed by atoms with van der Waals surface area (Å²) >= 11 is 1.52. The maximum Gasteiger partial charge on any atom is 0.410 e. The molecule has 1 aromatic carbocycles. The van der Waals surface area contributed by atoms with Crippen LogP contribution in [0.4, 0.5) is 10.6 Å². The van der Waals surface area contributed by atoms with Gasteiger partial charge in [-0.25, -0.2) is 4.79 Å². The summed E-state index contributed by atoms with van der Waals surface area (Å²) in [6.07, 6.45) is 1.93. The van der Waals surface area contributed by atoms with E-state index in [0.717, 1.165) is 38.3 Å². The van der Waals surface area contributed by atoms with Crippen molar-refractivity contribution in [2.45, 2.75) is 39.2 Å². The van der Waals surface area contributed by atoms with E-state index in [1.807, 2.05) is 37.8 Å². The molecule has 1 N–H and O–H groups in total. The van der Waals surface area contributed by atoms with Gasteiger partial charge >= 0.3 is 6.09 Å². The molecular formula is C18H25N3O2S. The van der Waals surface area contributed by atoms with Crippen molar-refractivity contribution in [3.05, 3.63) is 24.3 Å². The lowest BCUT2D eigenvalue weighted by Gasteiger charge is -2.34. The van der Waals surface area contributed by atoms with E-state index in [9.17, 15) is 4.79 Å². The number of likely N-dealkylation sites (tertiary alicyclic amines) is 1. The Balaban J connectivity index is 1.57. The largest absolute Gasteiger partial charge is 0.444 e. The number of nitrogens with zero attached hydrogens (tertiary/aromatic N) is 2. The molecule has 0 unspecified atom stereocenters. The second-order valence-corrected chi connectivity index (χ2v) is 8.15. The van der Waals surface area contributed by atoms with Crippen LogP contribution in [0.2, 0.25) is 0 Å². The molecule has 0 bridgehead atoms. The SMILES string of the molecule is CC(C)(C)OC(=O)N1CCC[C@@H](CNc2nsc3ccccc23)C1. The quantitative estimate of drug-likeness (QED) is 0.896. The zero-order valence-corrected chi connectivity index (χ0v) is 15.4. The van der Waals surface area contributed by atoms with E-state index in [2.05, 4.69) is 21.8 Å². The number of carbonyl (C=O) groups excluding carboxylic acids is 1. The van der Waals surface area contributed by atoms with Crippen LogP contribution in [-0.4, -0.2) is 40.6 Å². The molecule has 0 spiro atoms. The topological polar surface area (TPSA) is 54.5 Å². The van der Waals surface area contributed by atoms with Crippen molar-refractivity contribution in [2.24, 2.45) is 5.92 Å². The Bertz CT molecular complexity index is 708. The Kier molecular flexibility index (Phi) is 4.94. The van der Waals surface area contributed by atoms with E-state index < -0.39 is 5.60 Å². The molecule has 2 aromatic rings. The summed E-state index contributed by atoms with van der Waals surface area (Å²) in [6.45, 7) is 8.06. The molecule has 130 valence electrons. The highest BCUT2D eigenvalue weighted by molar-refractivity contribution is 7.13. The number of aromatic nitrogens is 1. The number of nitrogens with one attached hydrogen (secondary N) is 1. The molecule has 5 nitrogen and oxygen atoms in total. The third-order valence-electron chi connectivity index (χ3n) is 4.11. The van der Waals surface area contributed by atoms with Gasteiger partial charge in [-0.15, -0.1) is 0 Å². The van der Waals surface area contributed by atoms with Crippen LogP contribution < -0.4 is 5.32 Å². The number of amides is 1. The third-order valence-corrected chi connectivity index (χ3v) is 4.93. The number of ether oxygens (including phenoxy) is 1. The third kappa shape index (κ3) is 4.17. The zero-order chi connectivity index (χ0) is 17.2. The number of anilines is 1. The molecule has 0 saturated carbocycles. The number of hydrogen-bond donors (Lipinski definition) is 1. The van der Waals surface area contributed by atoms with Gasteiger partial charge in [0, 0.05) is 25.0 Å². The van der Waals surface area contributed by atoms with Crippen LogP contribution in [-0.2, 0) is 4.74 Å². The second kappa shape index (κ2) is 6.97. The predicted octanol–water partition coefficient (Wildman–Crippen LogP) is 4.36. The van der Waals surface area contributed by atoms with Gasteiger partial charge in [0.15, 0.2) is 0 Å². The Labute approximate surface area is 147 Å². The molecule has 6 heteroatoms. The molecule has 1 aromatic heterocycles. The van der Waals surface area contributed by atoms with E-state index in [0.29, 0.717) is 5.92 Å². The van der Waals surface area contributed by atoms with Crippen molar-refractivity contribution in [1.82, 2.24) is 9.27 Å². The smallest absolute Gasteiger partial charge is 0.410 e. The summed E-state index contributed by atoms with van der Waals surface area (Å²) in [5, 5.41) is 4.63. The maximum atomic E-state index is 12.2. The fourth-order valence-corrected chi connectivity index (χ4v) is 3.73.